The highest BCUT2D eigenvalue weighted by Gasteiger charge is 2.64. The van der Waals surface area contributed by atoms with Crippen LogP contribution in [0.5, 0.6) is 0 Å². The Kier molecular flexibility index (Phi) is 38.1. The highest BCUT2D eigenvalue weighted by atomic mass is 28.4. The lowest BCUT2D eigenvalue weighted by Gasteiger charge is -2.53. The van der Waals surface area contributed by atoms with Gasteiger partial charge in [-0.05, 0) is 72.4 Å². The van der Waals surface area contributed by atoms with Crippen molar-refractivity contribution in [2.24, 2.45) is 5.11 Å². The molecule has 0 unspecified atom stereocenters. The van der Waals surface area contributed by atoms with Crippen LogP contribution >= 0.6 is 0 Å². The van der Waals surface area contributed by atoms with E-state index in [2.05, 4.69) is 10.0 Å². The average Bonchev–Trinajstić information content (AvgIpc) is 0.730. The molecule has 0 bridgehead atoms. The van der Waals surface area contributed by atoms with Gasteiger partial charge >= 0.3 is 29.8 Å². The van der Waals surface area contributed by atoms with Crippen LogP contribution < -0.4 is 10.4 Å². The minimum atomic E-state index is -4.12. The largest absolute Gasteiger partial charge is 0.457 e. The Balaban J connectivity index is 0.946. The molecule has 1 aliphatic carbocycles. The summed E-state index contributed by atoms with van der Waals surface area (Å²) in [5.41, 5.74) is 17.4. The molecule has 139 heavy (non-hydrogen) atoms. The van der Waals surface area contributed by atoms with E-state index in [0.717, 1.165) is 43.8 Å². The van der Waals surface area contributed by atoms with Crippen LogP contribution in [0.4, 0.5) is 0 Å². The molecule has 0 spiro atoms. The molecular formula is C109H121N3O26Si. The molecule has 0 radical (unpaired) electrons. The van der Waals surface area contributed by atoms with Gasteiger partial charge in [-0.15, -0.1) is 0 Å². The molecule has 30 heteroatoms. The topological polar surface area (TPSA) is 336 Å². The monoisotopic (exact) mass is 1920 g/mol. The highest BCUT2D eigenvalue weighted by Crippen LogP contribution is 2.45. The zero-order valence-corrected chi connectivity index (χ0v) is 80.1. The summed E-state index contributed by atoms with van der Waals surface area (Å²) < 4.78 is 142. The summed E-state index contributed by atoms with van der Waals surface area (Å²) in [5, 5.41) is 5.11. The van der Waals surface area contributed by atoms with Gasteiger partial charge in [-0.2, -0.15) is 0 Å². The first kappa shape index (κ1) is 103. The second kappa shape index (κ2) is 51.4. The van der Waals surface area contributed by atoms with Crippen LogP contribution in [-0.2, 0) is 176 Å². The second-order valence-electron chi connectivity index (χ2n) is 35.6. The first-order valence-electron chi connectivity index (χ1n) is 46.8. The number of nitrogens with zero attached hydrogens (tertiary/aromatic N) is 3. The van der Waals surface area contributed by atoms with E-state index in [4.69, 9.17) is 94.4 Å². The third-order valence-corrected chi connectivity index (χ3v) is 29.3. The number of carbonyl (C=O) groups excluding carboxylic acids is 6. The van der Waals surface area contributed by atoms with E-state index in [1.807, 2.05) is 324 Å². The van der Waals surface area contributed by atoms with Gasteiger partial charge in [0.1, 0.15) is 85.1 Å². The van der Waals surface area contributed by atoms with Crippen molar-refractivity contribution in [2.45, 2.75) is 255 Å². The van der Waals surface area contributed by atoms with Crippen LogP contribution in [0.15, 0.2) is 308 Å². The molecule has 4 aliphatic rings. The highest BCUT2D eigenvalue weighted by molar-refractivity contribution is 6.99. The minimum absolute atomic E-state index is 0.0289. The molecule has 732 valence electrons. The first-order valence-corrected chi connectivity index (χ1v) is 48.7. The predicted molar refractivity (Wildman–Crippen MR) is 511 cm³/mol. The van der Waals surface area contributed by atoms with E-state index >= 15 is 4.79 Å². The Morgan fingerprint density at radius 2 is 0.597 bits per heavy atom. The zero-order valence-electron chi connectivity index (χ0n) is 79.1. The molecular weight excluding hydrogens is 1800 g/mol. The standard InChI is InChI=1S/C109H121N3O26Si/c1-72(113)59-60-90(118)135-94-89(71-127-107-104(130-75(4)116)96(123-65-81-47-27-13-28-48-81)92(121-63-79-43-23-11-24-44-79)87(133-107)69-119-61-77-39-19-9-20-40-77)134-108(105(131-76(5)117)103(94)138-139(109(6,7)8,85-55-35-17-36-56-85)86-57-37-18-38-58-86)136-93-88(70-120-62-78-41-21-10-22-42-78)132-106(91(111-112-110)95(93)122-64-80-45-25-12-26-46-80)137-101-99(126-68-84-53-33-16-34-54-84)97(124-66-82-49-29-14-30-50-82)98(125-67-83-51-31-15-32-52-83)100(128-73(2)114)102(101)129-74(3)115/h9-58,87-89,91-108H,59-71H2,1-8H3/t87-,88-,89-,91-,92-,93-,94-,95-,96+,97-,98-,99+,100-,101-,102-,103+,104+,105+,106-,107+,108-/m1/s1. The van der Waals surface area contributed by atoms with Crippen LogP contribution in [-0.4, -0.2) is 192 Å². The van der Waals surface area contributed by atoms with Crippen molar-refractivity contribution in [3.8, 4) is 0 Å². The smallest absolute Gasteiger partial charge is 0.306 e. The number of rotatable bonds is 46. The molecule has 3 heterocycles. The van der Waals surface area contributed by atoms with Gasteiger partial charge in [-0.1, -0.05) is 329 Å². The lowest BCUT2D eigenvalue weighted by atomic mass is 9.83. The average molecular weight is 1920 g/mol. The Labute approximate surface area is 811 Å². The fourth-order valence-electron chi connectivity index (χ4n) is 18.0. The molecule has 29 nitrogen and oxygen atoms in total. The third kappa shape index (κ3) is 28.5. The van der Waals surface area contributed by atoms with Gasteiger partial charge in [-0.3, -0.25) is 24.0 Å². The molecule has 10 aromatic rings. The molecule has 21 atom stereocenters. The van der Waals surface area contributed by atoms with Gasteiger partial charge in [0.25, 0.3) is 8.32 Å². The fraction of sp³-hybridized carbons (Fsp3) is 0.394. The van der Waals surface area contributed by atoms with Crippen LogP contribution in [0.3, 0.4) is 0 Å². The molecule has 4 fully saturated rings. The van der Waals surface area contributed by atoms with Gasteiger partial charge in [-0.25, -0.2) is 0 Å². The van der Waals surface area contributed by atoms with Crippen LogP contribution in [0.2, 0.25) is 5.04 Å². The lowest BCUT2D eigenvalue weighted by Crippen LogP contribution is -2.73. The number of esters is 5. The Morgan fingerprint density at radius 1 is 0.302 bits per heavy atom. The van der Waals surface area contributed by atoms with E-state index in [0.29, 0.717) is 11.1 Å². The second-order valence-corrected chi connectivity index (χ2v) is 39.9. The summed E-state index contributed by atoms with van der Waals surface area (Å²) in [6, 6.07) is 92.0. The summed E-state index contributed by atoms with van der Waals surface area (Å²) in [4.78, 5) is 89.3. The summed E-state index contributed by atoms with van der Waals surface area (Å²) in [6.07, 6.45) is -31.7. The van der Waals surface area contributed by atoms with Crippen LogP contribution in [0, 0.1) is 0 Å². The maximum Gasteiger partial charge on any atom is 0.306 e. The van der Waals surface area contributed by atoms with Crippen molar-refractivity contribution in [2.75, 3.05) is 19.8 Å². The van der Waals surface area contributed by atoms with E-state index in [1.54, 1.807) is 0 Å². The number of hydrogen-bond donors (Lipinski definition) is 0. The molecule has 1 saturated carbocycles. The number of carbonyl (C=O) groups is 6. The van der Waals surface area contributed by atoms with Crippen molar-refractivity contribution in [3.05, 3.63) is 358 Å². The Hall–Kier alpha value is -11.9. The summed E-state index contributed by atoms with van der Waals surface area (Å²) in [5.74, 6) is -4.53. The minimum Gasteiger partial charge on any atom is -0.457 e. The number of Topliss-reactive ketones (excluding diaryl/α,β-unsaturated/α-hetero) is 1. The van der Waals surface area contributed by atoms with Gasteiger partial charge in [0, 0.05) is 39.0 Å². The summed E-state index contributed by atoms with van der Waals surface area (Å²) >= 11 is 0. The van der Waals surface area contributed by atoms with E-state index in [1.165, 1.54) is 34.6 Å². The van der Waals surface area contributed by atoms with Crippen molar-refractivity contribution in [1.82, 2.24) is 0 Å². The van der Waals surface area contributed by atoms with Gasteiger partial charge in [0.15, 0.2) is 49.4 Å². The van der Waals surface area contributed by atoms with E-state index in [-0.39, 0.29) is 71.7 Å². The number of ketones is 1. The third-order valence-electron chi connectivity index (χ3n) is 24.3. The molecule has 0 amide bonds. The fourth-order valence-corrected chi connectivity index (χ4v) is 22.7. The lowest BCUT2D eigenvalue weighted by molar-refractivity contribution is -0.369. The summed E-state index contributed by atoms with van der Waals surface area (Å²) in [6.45, 7) is 10.5. The Bertz CT molecular complexity index is 5460. The zero-order chi connectivity index (χ0) is 97.5. The van der Waals surface area contributed by atoms with Crippen molar-refractivity contribution >= 4 is 54.3 Å². The maximum atomic E-state index is 15.4. The first-order chi connectivity index (χ1) is 67.6. The maximum absolute atomic E-state index is 15.4. The quantitative estimate of drug-likeness (QED) is 0.00854. The number of benzene rings is 10. The number of azide groups is 1. The Morgan fingerprint density at radius 3 is 0.971 bits per heavy atom. The van der Waals surface area contributed by atoms with Crippen molar-refractivity contribution in [3.63, 3.8) is 0 Å². The van der Waals surface area contributed by atoms with E-state index in [9.17, 15) is 29.5 Å². The summed E-state index contributed by atoms with van der Waals surface area (Å²) in [7, 11) is -4.12. The molecule has 10 aromatic carbocycles. The van der Waals surface area contributed by atoms with Crippen LogP contribution in [0.1, 0.15) is 113 Å². The predicted octanol–water partition coefficient (Wildman–Crippen LogP) is 15.5. The number of ether oxygens (including phenoxy) is 19. The SMILES string of the molecule is CC(=O)CCC(=O)O[C@H]1[C@H](O[Si](c2ccccc2)(c2ccccc2)C(C)(C)C)[C@H](OC(C)=O)[C@@H](O[C@H]2[C@H](OCc3ccccc3)[C@@H](N=[N+]=[N-])[C@@H](O[C@@H]3[C@@H](OCc4ccccc4)[C@H](OCc4ccccc4)[C@@H](OCc4ccccc4)[C@@H](OC(C)=O)[C@H]3OC(C)=O)O[C@@H]2COCc2ccccc2)O[C@@H]1CO[C@H]1O[C@H](COCc2ccccc2)[C@@H](OCc2ccccc2)[C@H](OCc2ccccc2)[C@@H]1OC(C)=O. The van der Waals surface area contributed by atoms with Crippen LogP contribution in [0.25, 0.3) is 10.4 Å². The van der Waals surface area contributed by atoms with Crippen molar-refractivity contribution in [1.29, 1.82) is 0 Å². The number of hydrogen-bond acceptors (Lipinski definition) is 27. The molecule has 14 rings (SSSR count). The van der Waals surface area contributed by atoms with Gasteiger partial charge < -0.3 is 99.2 Å². The van der Waals surface area contributed by atoms with E-state index < -0.39 is 192 Å². The normalized spacial score (nSPS) is 25.3. The molecule has 0 aromatic heterocycles. The van der Waals surface area contributed by atoms with Crippen molar-refractivity contribution < 1.29 is 123 Å². The molecule has 3 aliphatic heterocycles. The molecule has 3 saturated heterocycles. The van der Waals surface area contributed by atoms with Gasteiger partial charge in [0.2, 0.25) is 0 Å². The van der Waals surface area contributed by atoms with Gasteiger partial charge in [0.05, 0.1) is 79.1 Å². The molecule has 0 N–H and O–H groups in total.